The van der Waals surface area contributed by atoms with E-state index in [1.54, 1.807) is 0 Å². The minimum atomic E-state index is 0.0806. The molecule has 0 fully saturated rings. The summed E-state index contributed by atoms with van der Waals surface area (Å²) < 4.78 is 7.60. The van der Waals surface area contributed by atoms with E-state index < -0.39 is 0 Å². The number of halogens is 1. The predicted octanol–water partition coefficient (Wildman–Crippen LogP) is 6.07. The van der Waals surface area contributed by atoms with Crippen molar-refractivity contribution in [3.05, 3.63) is 88.7 Å². The number of nitrogens with one attached hydrogen (secondary N) is 1. The summed E-state index contributed by atoms with van der Waals surface area (Å²) >= 11 is 6.39. The van der Waals surface area contributed by atoms with Crippen LogP contribution in [0.2, 0.25) is 4.71 Å². The molecular weight excluding hydrogens is 475 g/mol. The fourth-order valence-corrected chi connectivity index (χ4v) is 4.48. The predicted molar refractivity (Wildman–Crippen MR) is 120 cm³/mol. The van der Waals surface area contributed by atoms with Crippen LogP contribution in [0.15, 0.2) is 88.7 Å². The number of ether oxygens (including phenoxy) is 1. The second-order valence-electron chi connectivity index (χ2n) is 6.88. The molecule has 2 aliphatic heterocycles. The molecule has 0 aliphatic carbocycles. The van der Waals surface area contributed by atoms with E-state index in [4.69, 9.17) is 4.74 Å². The van der Waals surface area contributed by atoms with E-state index in [0.29, 0.717) is 4.71 Å². The number of nitrogens with zero attached hydrogens (tertiary/aromatic N) is 1. The van der Waals surface area contributed by atoms with Gasteiger partial charge in [0.05, 0.1) is 0 Å². The van der Waals surface area contributed by atoms with E-state index in [1.807, 2.05) is 42.5 Å². The zero-order chi connectivity index (χ0) is 19.5. The molecule has 4 rings (SSSR count). The number of allylic oxidation sites excluding steroid dienone is 4. The molecule has 0 saturated heterocycles. The van der Waals surface area contributed by atoms with Crippen molar-refractivity contribution in [1.29, 1.82) is 0 Å². The van der Waals surface area contributed by atoms with E-state index in [2.05, 4.69) is 80.4 Å². The molecular formula is C23H22AsBrN2O. The molecule has 0 spiro atoms. The Bertz CT molecular complexity index is 939. The molecule has 3 nitrogen and oxygen atoms in total. The molecule has 1 N–H and O–H groups in total. The van der Waals surface area contributed by atoms with Gasteiger partial charge in [0, 0.05) is 0 Å². The molecule has 2 unspecified atom stereocenters. The first-order valence-corrected chi connectivity index (χ1v) is 11.4. The van der Waals surface area contributed by atoms with Crippen molar-refractivity contribution in [1.82, 2.24) is 5.32 Å². The Morgan fingerprint density at radius 2 is 1.96 bits per heavy atom. The Morgan fingerprint density at radius 1 is 1.14 bits per heavy atom. The van der Waals surface area contributed by atoms with Crippen LogP contribution in [0.1, 0.15) is 19.8 Å². The minimum absolute atomic E-state index is 0.0806. The SMILES string of the molecule is CCCC1=CC=C2C([As])C=CN(c3cc(Br)ccc3Oc3ccccc3)C2N1. The molecule has 2 aromatic rings. The van der Waals surface area contributed by atoms with Crippen LogP contribution in [0, 0.1) is 0 Å². The first-order valence-electron chi connectivity index (χ1n) is 9.50. The van der Waals surface area contributed by atoms with Crippen molar-refractivity contribution in [3.63, 3.8) is 0 Å². The second kappa shape index (κ2) is 8.63. The van der Waals surface area contributed by atoms with Crippen molar-refractivity contribution in [2.75, 3.05) is 4.90 Å². The van der Waals surface area contributed by atoms with Crippen LogP contribution in [-0.4, -0.2) is 23.0 Å². The third-order valence-electron chi connectivity index (χ3n) is 4.85. The van der Waals surface area contributed by atoms with Gasteiger partial charge in [-0.15, -0.1) is 0 Å². The molecule has 2 aromatic carbocycles. The first kappa shape index (κ1) is 19.4. The van der Waals surface area contributed by atoms with Gasteiger partial charge in [0.15, 0.2) is 0 Å². The number of anilines is 1. The molecule has 0 aromatic heterocycles. The van der Waals surface area contributed by atoms with E-state index in [-0.39, 0.29) is 6.17 Å². The van der Waals surface area contributed by atoms with Gasteiger partial charge in [-0.1, -0.05) is 0 Å². The Balaban J connectivity index is 1.72. The third kappa shape index (κ3) is 4.09. The van der Waals surface area contributed by atoms with Gasteiger partial charge in [-0.3, -0.25) is 0 Å². The molecule has 2 atom stereocenters. The van der Waals surface area contributed by atoms with Gasteiger partial charge in [0.1, 0.15) is 0 Å². The van der Waals surface area contributed by atoms with Gasteiger partial charge in [-0.2, -0.15) is 0 Å². The summed E-state index contributed by atoms with van der Waals surface area (Å²) in [5, 5.41) is 3.73. The number of hydrogen-bond acceptors (Lipinski definition) is 3. The standard InChI is InChI=1S/C23H22AsBrN2O/c1-2-6-17-10-11-19-20(24)13-14-27(23(19)26-17)21-15-16(25)9-12-22(21)28-18-7-4-3-5-8-18/h3-5,7-15,20,23,26H,2,6H2,1H3. The summed E-state index contributed by atoms with van der Waals surface area (Å²) in [6.45, 7) is 2.21. The molecule has 0 amide bonds. The van der Waals surface area contributed by atoms with Gasteiger partial charge in [0.25, 0.3) is 0 Å². The topological polar surface area (TPSA) is 24.5 Å². The summed E-state index contributed by atoms with van der Waals surface area (Å²) in [5.41, 5.74) is 3.64. The average molecular weight is 497 g/mol. The number of fused-ring (bicyclic) bond motifs is 1. The molecule has 0 bridgehead atoms. The maximum absolute atomic E-state index is 6.24. The summed E-state index contributed by atoms with van der Waals surface area (Å²) in [6, 6.07) is 16.1. The average Bonchev–Trinajstić information content (AvgIpc) is 2.71. The molecule has 2 aliphatic rings. The number of dihydropyridines is 1. The zero-order valence-electron chi connectivity index (χ0n) is 15.7. The number of para-hydroxylation sites is 1. The maximum atomic E-state index is 6.24. The van der Waals surface area contributed by atoms with Crippen LogP contribution >= 0.6 is 15.9 Å². The van der Waals surface area contributed by atoms with Crippen molar-refractivity contribution in [3.8, 4) is 11.5 Å². The molecule has 28 heavy (non-hydrogen) atoms. The van der Waals surface area contributed by atoms with Crippen LogP contribution in [-0.2, 0) is 0 Å². The monoisotopic (exact) mass is 496 g/mol. The number of benzene rings is 2. The summed E-state index contributed by atoms with van der Waals surface area (Å²) in [7, 11) is 0. The Kier molecular flexibility index (Phi) is 5.98. The van der Waals surface area contributed by atoms with E-state index >= 15 is 0 Å². The van der Waals surface area contributed by atoms with E-state index in [0.717, 1.165) is 34.5 Å². The van der Waals surface area contributed by atoms with Crippen LogP contribution in [0.25, 0.3) is 0 Å². The third-order valence-corrected chi connectivity index (χ3v) is 6.33. The van der Waals surface area contributed by atoms with Crippen LogP contribution in [0.5, 0.6) is 11.5 Å². The normalized spacial score (nSPS) is 20.8. The number of rotatable bonds is 5. The Labute approximate surface area is 183 Å². The number of hydrogen-bond donors (Lipinski definition) is 1. The van der Waals surface area contributed by atoms with Gasteiger partial charge in [-0.05, 0) is 0 Å². The molecule has 142 valence electrons. The van der Waals surface area contributed by atoms with E-state index in [9.17, 15) is 0 Å². The van der Waals surface area contributed by atoms with Crippen molar-refractivity contribution < 1.29 is 4.74 Å². The Hall–Kier alpha value is -1.90. The summed E-state index contributed by atoms with van der Waals surface area (Å²) in [4.78, 5) is 2.27. The summed E-state index contributed by atoms with van der Waals surface area (Å²) in [5.74, 6) is 1.66. The molecule has 0 saturated carbocycles. The first-order chi connectivity index (χ1) is 13.7. The van der Waals surface area contributed by atoms with Crippen molar-refractivity contribution >= 4 is 38.5 Å². The van der Waals surface area contributed by atoms with Gasteiger partial charge in [-0.25, -0.2) is 0 Å². The van der Waals surface area contributed by atoms with Gasteiger partial charge < -0.3 is 0 Å². The Morgan fingerprint density at radius 3 is 2.75 bits per heavy atom. The van der Waals surface area contributed by atoms with Crippen molar-refractivity contribution in [2.24, 2.45) is 0 Å². The summed E-state index contributed by atoms with van der Waals surface area (Å²) in [6.07, 6.45) is 11.1. The van der Waals surface area contributed by atoms with Crippen LogP contribution in [0.3, 0.4) is 0 Å². The zero-order valence-corrected chi connectivity index (χ0v) is 19.1. The van der Waals surface area contributed by atoms with E-state index in [1.165, 1.54) is 11.3 Å². The van der Waals surface area contributed by atoms with Gasteiger partial charge >= 0.3 is 184 Å². The molecule has 5 heteroatoms. The second-order valence-corrected chi connectivity index (χ2v) is 8.96. The van der Waals surface area contributed by atoms with Crippen LogP contribution < -0.4 is 15.0 Å². The fraction of sp³-hybridized carbons (Fsp3) is 0.217. The molecule has 2 radical (unpaired) electrons. The molecule has 2 heterocycles. The quantitative estimate of drug-likeness (QED) is 0.508. The van der Waals surface area contributed by atoms with Crippen molar-refractivity contribution in [2.45, 2.75) is 30.6 Å². The van der Waals surface area contributed by atoms with Gasteiger partial charge in [0.2, 0.25) is 0 Å². The fourth-order valence-electron chi connectivity index (χ4n) is 3.50. The van der Waals surface area contributed by atoms with Crippen LogP contribution in [0.4, 0.5) is 5.69 Å².